The van der Waals surface area contributed by atoms with Gasteiger partial charge in [0.05, 0.1) is 31.8 Å². The predicted molar refractivity (Wildman–Crippen MR) is 140 cm³/mol. The highest BCUT2D eigenvalue weighted by atomic mass is 16.5. The predicted octanol–water partition coefficient (Wildman–Crippen LogP) is 2.26. The molecule has 3 N–H and O–H groups in total. The second kappa shape index (κ2) is 12.7. The summed E-state index contributed by atoms with van der Waals surface area (Å²) < 4.78 is 5.41. The number of morpholine rings is 1. The summed E-state index contributed by atoms with van der Waals surface area (Å²) >= 11 is 0. The zero-order chi connectivity index (χ0) is 25.2. The Morgan fingerprint density at radius 2 is 1.69 bits per heavy atom. The van der Waals surface area contributed by atoms with Crippen molar-refractivity contribution in [3.8, 4) is 29.9 Å². The molecule has 0 radical (unpaired) electrons. The topological polar surface area (TPSA) is 90.5 Å². The fourth-order valence-electron chi connectivity index (χ4n) is 4.15. The summed E-state index contributed by atoms with van der Waals surface area (Å²) in [5, 5.41) is 13.4. The number of rotatable bonds is 8. The summed E-state index contributed by atoms with van der Waals surface area (Å²) in [4.78, 5) is 20.8. The molecule has 0 amide bonds. The second-order valence-corrected chi connectivity index (χ2v) is 8.73. The number of nitrogens with zero attached hydrogens (tertiary/aromatic N) is 2. The van der Waals surface area contributed by atoms with E-state index in [1.807, 2.05) is 24.3 Å². The van der Waals surface area contributed by atoms with Gasteiger partial charge in [0.2, 0.25) is 5.75 Å². The molecule has 4 rings (SSSR count). The van der Waals surface area contributed by atoms with E-state index in [1.165, 1.54) is 11.9 Å². The molecule has 36 heavy (non-hydrogen) atoms. The van der Waals surface area contributed by atoms with Gasteiger partial charge in [-0.05, 0) is 41.8 Å². The first-order valence-electron chi connectivity index (χ1n) is 12.0. The van der Waals surface area contributed by atoms with Crippen LogP contribution in [0.4, 0.5) is 0 Å². The number of H-pyrrole nitrogens is 1. The number of nitrogens with one attached hydrogen (secondary N) is 2. The Morgan fingerprint density at radius 3 is 2.33 bits per heavy atom. The molecule has 1 atom stereocenters. The van der Waals surface area contributed by atoms with Gasteiger partial charge in [0.25, 0.3) is 5.56 Å². The van der Waals surface area contributed by atoms with E-state index in [-0.39, 0.29) is 11.7 Å². The molecule has 1 saturated heterocycles. The normalized spacial score (nSPS) is 14.4. The van der Waals surface area contributed by atoms with Crippen LogP contribution in [0.2, 0.25) is 0 Å². The van der Waals surface area contributed by atoms with Crippen LogP contribution in [-0.2, 0) is 17.7 Å². The molecule has 0 saturated carbocycles. The van der Waals surface area contributed by atoms with Crippen LogP contribution in [-0.4, -0.2) is 59.4 Å². The molecule has 1 aliphatic heterocycles. The minimum Gasteiger partial charge on any atom is -0.502 e. The minimum absolute atomic E-state index is 0.214. The van der Waals surface area contributed by atoms with Crippen LogP contribution < -0.4 is 10.9 Å². The minimum atomic E-state index is -0.554. The average molecular weight is 483 g/mol. The molecule has 2 aromatic carbocycles. The van der Waals surface area contributed by atoms with E-state index >= 15 is 0 Å². The highest BCUT2D eigenvalue weighted by molar-refractivity contribution is 5.44. The molecular formula is C29H30N4O3. The maximum absolute atomic E-state index is 11.8. The Kier molecular flexibility index (Phi) is 8.91. The summed E-state index contributed by atoms with van der Waals surface area (Å²) in [6.45, 7) is 5.36. The SMILES string of the molecule is C#CCNCC(Cc1ccc(C#Cc2ccc(CN3CCOCC3)cc2)cc1)c1nc[nH]c(=O)c1O. The lowest BCUT2D eigenvalue weighted by molar-refractivity contribution is 0.0342. The molecule has 1 aliphatic rings. The fourth-order valence-corrected chi connectivity index (χ4v) is 4.15. The zero-order valence-corrected chi connectivity index (χ0v) is 20.2. The van der Waals surface area contributed by atoms with Crippen LogP contribution in [0, 0.1) is 24.2 Å². The van der Waals surface area contributed by atoms with Crippen molar-refractivity contribution >= 4 is 0 Å². The monoisotopic (exact) mass is 482 g/mol. The van der Waals surface area contributed by atoms with Crippen molar-refractivity contribution < 1.29 is 9.84 Å². The Morgan fingerprint density at radius 1 is 1.06 bits per heavy atom. The van der Waals surface area contributed by atoms with E-state index in [0.717, 1.165) is 49.5 Å². The molecule has 0 bridgehead atoms. The third-order valence-electron chi connectivity index (χ3n) is 6.11. The first-order chi connectivity index (χ1) is 17.6. The van der Waals surface area contributed by atoms with Gasteiger partial charge in [-0.25, -0.2) is 4.98 Å². The van der Waals surface area contributed by atoms with Crippen molar-refractivity contribution in [1.29, 1.82) is 0 Å². The molecule has 7 nitrogen and oxygen atoms in total. The van der Waals surface area contributed by atoms with E-state index in [4.69, 9.17) is 11.2 Å². The lowest BCUT2D eigenvalue weighted by Gasteiger charge is -2.26. The molecule has 184 valence electrons. The second-order valence-electron chi connectivity index (χ2n) is 8.73. The van der Waals surface area contributed by atoms with Crippen LogP contribution in [0.15, 0.2) is 59.7 Å². The number of aromatic nitrogens is 2. The van der Waals surface area contributed by atoms with E-state index < -0.39 is 5.56 Å². The van der Waals surface area contributed by atoms with Gasteiger partial charge in [-0.15, -0.1) is 6.42 Å². The van der Waals surface area contributed by atoms with Gasteiger partial charge in [-0.2, -0.15) is 0 Å². The number of terminal acetylenes is 1. The van der Waals surface area contributed by atoms with Crippen LogP contribution in [0.5, 0.6) is 5.75 Å². The summed E-state index contributed by atoms with van der Waals surface area (Å²) in [7, 11) is 0. The van der Waals surface area contributed by atoms with Gasteiger partial charge >= 0.3 is 0 Å². The largest absolute Gasteiger partial charge is 0.502 e. The number of aromatic amines is 1. The van der Waals surface area contributed by atoms with Crippen molar-refractivity contribution in [2.24, 2.45) is 0 Å². The van der Waals surface area contributed by atoms with E-state index in [2.05, 4.69) is 62.2 Å². The van der Waals surface area contributed by atoms with Crippen molar-refractivity contribution in [3.05, 3.63) is 93.2 Å². The van der Waals surface area contributed by atoms with Gasteiger partial charge in [0, 0.05) is 43.2 Å². The zero-order valence-electron chi connectivity index (χ0n) is 20.2. The third kappa shape index (κ3) is 7.07. The molecule has 1 unspecified atom stereocenters. The number of aromatic hydroxyl groups is 1. The standard InChI is InChI=1S/C29H30N4O3/c1-2-13-30-19-26(27-28(34)29(35)32-21-31-27)18-24-9-5-22(6-10-24)3-4-23-7-11-25(12-8-23)20-33-14-16-36-17-15-33/h1,5-12,21,26,30,34H,13-20H2,(H,31,32,35). The third-order valence-corrected chi connectivity index (χ3v) is 6.11. The number of hydrogen-bond acceptors (Lipinski definition) is 6. The number of ether oxygens (including phenoxy) is 1. The number of hydrogen-bond donors (Lipinski definition) is 3. The molecule has 1 fully saturated rings. The smallest absolute Gasteiger partial charge is 0.293 e. The molecule has 7 heteroatoms. The Labute approximate surface area is 211 Å². The first kappa shape index (κ1) is 25.2. The highest BCUT2D eigenvalue weighted by Gasteiger charge is 2.19. The van der Waals surface area contributed by atoms with Crippen molar-refractivity contribution in [2.75, 3.05) is 39.4 Å². The average Bonchev–Trinajstić information content (AvgIpc) is 2.91. The van der Waals surface area contributed by atoms with Crippen LogP contribution in [0.3, 0.4) is 0 Å². The quantitative estimate of drug-likeness (QED) is 0.337. The Hall–Kier alpha value is -3.88. The molecule has 1 aromatic heterocycles. The van der Waals surface area contributed by atoms with Gasteiger partial charge in [-0.3, -0.25) is 9.69 Å². The molecular weight excluding hydrogens is 452 g/mol. The van der Waals surface area contributed by atoms with Gasteiger partial charge in [0.1, 0.15) is 0 Å². The van der Waals surface area contributed by atoms with Crippen molar-refractivity contribution in [1.82, 2.24) is 20.2 Å². The highest BCUT2D eigenvalue weighted by Crippen LogP contribution is 2.23. The van der Waals surface area contributed by atoms with Crippen LogP contribution >= 0.6 is 0 Å². The number of benzene rings is 2. The molecule has 2 heterocycles. The van der Waals surface area contributed by atoms with E-state index in [0.29, 0.717) is 25.2 Å². The lowest BCUT2D eigenvalue weighted by Crippen LogP contribution is -2.35. The van der Waals surface area contributed by atoms with Gasteiger partial charge in [0.15, 0.2) is 0 Å². The molecule has 3 aromatic rings. The van der Waals surface area contributed by atoms with Crippen molar-refractivity contribution in [2.45, 2.75) is 18.9 Å². The maximum atomic E-state index is 11.8. The summed E-state index contributed by atoms with van der Waals surface area (Å²) in [5.74, 6) is 8.42. The Bertz CT molecular complexity index is 1290. The van der Waals surface area contributed by atoms with E-state index in [9.17, 15) is 9.90 Å². The van der Waals surface area contributed by atoms with Crippen LogP contribution in [0.1, 0.15) is 33.9 Å². The Balaban J connectivity index is 1.40. The summed E-state index contributed by atoms with van der Waals surface area (Å²) in [6.07, 6.45) is 7.23. The maximum Gasteiger partial charge on any atom is 0.293 e. The lowest BCUT2D eigenvalue weighted by atomic mass is 9.94. The van der Waals surface area contributed by atoms with Crippen molar-refractivity contribution in [3.63, 3.8) is 0 Å². The van der Waals surface area contributed by atoms with Gasteiger partial charge < -0.3 is 20.1 Å². The molecule has 0 spiro atoms. The summed E-state index contributed by atoms with van der Waals surface area (Å²) in [5.41, 5.74) is 4.00. The molecule has 0 aliphatic carbocycles. The van der Waals surface area contributed by atoms with Gasteiger partial charge in [-0.1, -0.05) is 42.0 Å². The van der Waals surface area contributed by atoms with E-state index in [1.54, 1.807) is 0 Å². The first-order valence-corrected chi connectivity index (χ1v) is 12.0. The fraction of sp³-hybridized carbons (Fsp3) is 0.310. The summed E-state index contributed by atoms with van der Waals surface area (Å²) in [6, 6.07) is 16.4. The van der Waals surface area contributed by atoms with Crippen LogP contribution in [0.25, 0.3) is 0 Å².